The minimum atomic E-state index is -0.510. The lowest BCUT2D eigenvalue weighted by atomic mass is 10.2. The van der Waals surface area contributed by atoms with Gasteiger partial charge in [-0.2, -0.15) is 0 Å². The monoisotopic (exact) mass is 346 g/mol. The number of halogens is 1. The zero-order valence-corrected chi connectivity index (χ0v) is 14.2. The largest absolute Gasteiger partial charge is 0.497 e. The first kappa shape index (κ1) is 16.2. The number of amides is 1. The van der Waals surface area contributed by atoms with E-state index in [1.807, 2.05) is 18.2 Å². The minimum Gasteiger partial charge on any atom is -0.497 e. The lowest BCUT2D eigenvalue weighted by molar-refractivity contribution is 0.0992. The van der Waals surface area contributed by atoms with Gasteiger partial charge in [0.05, 0.1) is 24.4 Å². The number of methoxy groups -OCH3 is 2. The zero-order valence-electron chi connectivity index (χ0n) is 13.4. The molecule has 0 bridgehead atoms. The fourth-order valence-corrected chi connectivity index (χ4v) is 3.19. The van der Waals surface area contributed by atoms with E-state index in [1.165, 1.54) is 41.5 Å². The van der Waals surface area contributed by atoms with Crippen LogP contribution in [0, 0.1) is 5.82 Å². The number of carbonyl (C=O) groups is 1. The second kappa shape index (κ2) is 6.45. The van der Waals surface area contributed by atoms with Gasteiger partial charge in [-0.15, -0.1) is 0 Å². The van der Waals surface area contributed by atoms with Crippen molar-refractivity contribution in [2.45, 2.75) is 0 Å². The van der Waals surface area contributed by atoms with E-state index in [4.69, 9.17) is 9.47 Å². The Morgan fingerprint density at radius 3 is 2.67 bits per heavy atom. The van der Waals surface area contributed by atoms with Crippen LogP contribution in [-0.4, -0.2) is 32.2 Å². The number of carbonyl (C=O) groups excluding carboxylic acids is 1. The number of anilines is 1. The number of benzene rings is 2. The Bertz CT molecular complexity index is 910. The maximum Gasteiger partial charge on any atom is 0.259 e. The van der Waals surface area contributed by atoms with Crippen molar-refractivity contribution in [2.75, 3.05) is 26.2 Å². The standard InChI is InChI=1S/C17H15FN2O3S/c1-20(16(21)10-4-6-12(18)14(8-10)23-3)17-19-13-7-5-11(22-2)9-15(13)24-17/h4-9H,1-3H3. The third-order valence-corrected chi connectivity index (χ3v) is 4.67. The van der Waals surface area contributed by atoms with E-state index in [1.54, 1.807) is 14.2 Å². The van der Waals surface area contributed by atoms with Crippen LogP contribution in [0.1, 0.15) is 10.4 Å². The van der Waals surface area contributed by atoms with E-state index in [0.29, 0.717) is 10.7 Å². The van der Waals surface area contributed by atoms with Gasteiger partial charge < -0.3 is 9.47 Å². The summed E-state index contributed by atoms with van der Waals surface area (Å²) in [6.45, 7) is 0. The van der Waals surface area contributed by atoms with E-state index < -0.39 is 5.82 Å². The van der Waals surface area contributed by atoms with E-state index in [9.17, 15) is 9.18 Å². The highest BCUT2D eigenvalue weighted by atomic mass is 32.1. The van der Waals surface area contributed by atoms with Gasteiger partial charge in [-0.1, -0.05) is 11.3 Å². The highest BCUT2D eigenvalue weighted by Gasteiger charge is 2.19. The second-order valence-corrected chi connectivity index (χ2v) is 6.05. The number of rotatable bonds is 4. The van der Waals surface area contributed by atoms with Crippen LogP contribution >= 0.6 is 11.3 Å². The number of nitrogens with zero attached hydrogens (tertiary/aromatic N) is 2. The number of ether oxygens (including phenoxy) is 2. The Morgan fingerprint density at radius 2 is 1.96 bits per heavy atom. The first-order valence-electron chi connectivity index (χ1n) is 7.09. The van der Waals surface area contributed by atoms with Gasteiger partial charge in [0.1, 0.15) is 5.75 Å². The summed E-state index contributed by atoms with van der Waals surface area (Å²) in [7, 11) is 4.59. The molecule has 1 aromatic heterocycles. The Kier molecular flexibility index (Phi) is 4.35. The molecular weight excluding hydrogens is 331 g/mol. The number of aromatic nitrogens is 1. The topological polar surface area (TPSA) is 51.7 Å². The Labute approximate surface area is 142 Å². The van der Waals surface area contributed by atoms with Crippen LogP contribution < -0.4 is 14.4 Å². The molecule has 0 unspecified atom stereocenters. The molecule has 2 aromatic carbocycles. The molecule has 0 radical (unpaired) electrons. The molecule has 1 amide bonds. The van der Waals surface area contributed by atoms with Crippen molar-refractivity contribution >= 4 is 32.6 Å². The van der Waals surface area contributed by atoms with E-state index in [-0.39, 0.29) is 11.7 Å². The van der Waals surface area contributed by atoms with Crippen LogP contribution in [0.5, 0.6) is 11.5 Å². The molecule has 0 saturated heterocycles. The summed E-state index contributed by atoms with van der Waals surface area (Å²) < 4.78 is 24.5. The molecule has 124 valence electrons. The summed E-state index contributed by atoms with van der Waals surface area (Å²) in [5.41, 5.74) is 1.11. The SMILES string of the molecule is COc1ccc2nc(N(C)C(=O)c3ccc(F)c(OC)c3)sc2c1. The van der Waals surface area contributed by atoms with Crippen molar-refractivity contribution in [2.24, 2.45) is 0 Å². The Morgan fingerprint density at radius 1 is 1.17 bits per heavy atom. The summed E-state index contributed by atoms with van der Waals surface area (Å²) in [6, 6.07) is 9.54. The molecule has 0 aliphatic carbocycles. The van der Waals surface area contributed by atoms with E-state index in [2.05, 4.69) is 4.98 Å². The summed E-state index contributed by atoms with van der Waals surface area (Å²) in [4.78, 5) is 18.5. The molecule has 0 spiro atoms. The summed E-state index contributed by atoms with van der Waals surface area (Å²) in [5, 5.41) is 0.548. The van der Waals surface area contributed by atoms with Crippen LogP contribution in [-0.2, 0) is 0 Å². The van der Waals surface area contributed by atoms with Gasteiger partial charge >= 0.3 is 0 Å². The highest BCUT2D eigenvalue weighted by Crippen LogP contribution is 2.31. The molecule has 0 saturated carbocycles. The summed E-state index contributed by atoms with van der Waals surface area (Å²) >= 11 is 1.38. The van der Waals surface area contributed by atoms with Gasteiger partial charge in [-0.25, -0.2) is 9.37 Å². The molecule has 24 heavy (non-hydrogen) atoms. The van der Waals surface area contributed by atoms with Crippen LogP contribution in [0.25, 0.3) is 10.2 Å². The van der Waals surface area contributed by atoms with Crippen molar-refractivity contribution in [3.8, 4) is 11.5 Å². The lowest BCUT2D eigenvalue weighted by Gasteiger charge is -2.14. The molecule has 5 nitrogen and oxygen atoms in total. The molecule has 0 N–H and O–H groups in total. The smallest absolute Gasteiger partial charge is 0.259 e. The molecule has 3 aromatic rings. The molecule has 0 fully saturated rings. The third-order valence-electron chi connectivity index (χ3n) is 3.57. The van der Waals surface area contributed by atoms with Crippen molar-refractivity contribution in [3.63, 3.8) is 0 Å². The van der Waals surface area contributed by atoms with Crippen molar-refractivity contribution in [3.05, 3.63) is 47.8 Å². The number of fused-ring (bicyclic) bond motifs is 1. The quantitative estimate of drug-likeness (QED) is 0.722. The average Bonchev–Trinajstić information content (AvgIpc) is 3.03. The van der Waals surface area contributed by atoms with Gasteiger partial charge in [0.15, 0.2) is 16.7 Å². The number of hydrogen-bond acceptors (Lipinski definition) is 5. The average molecular weight is 346 g/mol. The van der Waals surface area contributed by atoms with Crippen molar-refractivity contribution in [1.29, 1.82) is 0 Å². The predicted octanol–water partition coefficient (Wildman–Crippen LogP) is 3.73. The summed E-state index contributed by atoms with van der Waals surface area (Å²) in [6.07, 6.45) is 0. The Balaban J connectivity index is 1.93. The van der Waals surface area contributed by atoms with Crippen LogP contribution in [0.3, 0.4) is 0 Å². The summed E-state index contributed by atoms with van der Waals surface area (Å²) in [5.74, 6) is -0.0404. The molecule has 0 aliphatic heterocycles. The van der Waals surface area contributed by atoms with Gasteiger partial charge in [0, 0.05) is 12.6 Å². The zero-order chi connectivity index (χ0) is 17.3. The molecule has 0 atom stereocenters. The fraction of sp³-hybridized carbons (Fsp3) is 0.176. The van der Waals surface area contributed by atoms with Crippen LogP contribution in [0.15, 0.2) is 36.4 Å². The maximum absolute atomic E-state index is 13.5. The number of hydrogen-bond donors (Lipinski definition) is 0. The number of thiazole rings is 1. The normalized spacial score (nSPS) is 10.7. The molecule has 0 aliphatic rings. The van der Waals surface area contributed by atoms with Crippen molar-refractivity contribution in [1.82, 2.24) is 4.98 Å². The molecule has 1 heterocycles. The first-order chi connectivity index (χ1) is 11.5. The third kappa shape index (κ3) is 2.90. The maximum atomic E-state index is 13.5. The highest BCUT2D eigenvalue weighted by molar-refractivity contribution is 7.22. The van der Waals surface area contributed by atoms with Gasteiger partial charge in [-0.05, 0) is 36.4 Å². The fourth-order valence-electron chi connectivity index (χ4n) is 2.24. The lowest BCUT2D eigenvalue weighted by Crippen LogP contribution is -2.26. The van der Waals surface area contributed by atoms with Crippen LogP contribution in [0.2, 0.25) is 0 Å². The van der Waals surface area contributed by atoms with E-state index in [0.717, 1.165) is 16.0 Å². The predicted molar refractivity (Wildman–Crippen MR) is 91.9 cm³/mol. The molecular formula is C17H15FN2O3S. The Hall–Kier alpha value is -2.67. The van der Waals surface area contributed by atoms with Gasteiger partial charge in [-0.3, -0.25) is 9.69 Å². The first-order valence-corrected chi connectivity index (χ1v) is 7.91. The molecule has 7 heteroatoms. The second-order valence-electron chi connectivity index (χ2n) is 5.04. The van der Waals surface area contributed by atoms with E-state index >= 15 is 0 Å². The van der Waals surface area contributed by atoms with Gasteiger partial charge in [0.25, 0.3) is 5.91 Å². The minimum absolute atomic E-state index is 0.0308. The molecule has 3 rings (SSSR count). The van der Waals surface area contributed by atoms with Gasteiger partial charge in [0.2, 0.25) is 0 Å². The van der Waals surface area contributed by atoms with Crippen LogP contribution in [0.4, 0.5) is 9.52 Å². The van der Waals surface area contributed by atoms with Crippen molar-refractivity contribution < 1.29 is 18.7 Å².